The van der Waals surface area contributed by atoms with E-state index in [0.717, 1.165) is 43.3 Å². The summed E-state index contributed by atoms with van der Waals surface area (Å²) in [5, 5.41) is 0. The molecule has 88 valence electrons. The fraction of sp³-hybridized carbons (Fsp3) is 0.583. The Morgan fingerprint density at radius 1 is 1.44 bits per heavy atom. The van der Waals surface area contributed by atoms with Gasteiger partial charge in [0.2, 0.25) is 0 Å². The Bertz CT molecular complexity index is 309. The fourth-order valence-electron chi connectivity index (χ4n) is 1.70. The number of hydrogen-bond donors (Lipinski definition) is 0. The number of hydrogen-bond acceptors (Lipinski definition) is 4. The first-order chi connectivity index (χ1) is 7.88. The molecule has 0 spiro atoms. The summed E-state index contributed by atoms with van der Waals surface area (Å²) in [4.78, 5) is 4.36. The largest absolute Gasteiger partial charge is 0.489 e. The molecule has 1 aliphatic rings. The van der Waals surface area contributed by atoms with E-state index in [1.54, 1.807) is 11.8 Å². The Kier molecular flexibility index (Phi) is 4.48. The van der Waals surface area contributed by atoms with Crippen molar-refractivity contribution in [1.82, 2.24) is 4.98 Å². The van der Waals surface area contributed by atoms with E-state index in [1.807, 2.05) is 18.3 Å². The lowest BCUT2D eigenvalue weighted by Crippen LogP contribution is -2.25. The van der Waals surface area contributed by atoms with Crippen molar-refractivity contribution in [3.63, 3.8) is 0 Å². The SMILES string of the molecule is CSCc1ccc(OC2CCOCC2)cn1. The summed E-state index contributed by atoms with van der Waals surface area (Å²) < 4.78 is 11.1. The minimum absolute atomic E-state index is 0.293. The van der Waals surface area contributed by atoms with Crippen LogP contribution in [-0.4, -0.2) is 30.6 Å². The van der Waals surface area contributed by atoms with Gasteiger partial charge in [-0.15, -0.1) is 0 Å². The lowest BCUT2D eigenvalue weighted by molar-refractivity contribution is 0.0254. The second kappa shape index (κ2) is 6.11. The summed E-state index contributed by atoms with van der Waals surface area (Å²) in [5.41, 5.74) is 1.10. The van der Waals surface area contributed by atoms with Gasteiger partial charge < -0.3 is 9.47 Å². The maximum atomic E-state index is 5.84. The third-order valence-corrected chi connectivity index (χ3v) is 3.15. The first-order valence-electron chi connectivity index (χ1n) is 5.57. The van der Waals surface area contributed by atoms with Crippen LogP contribution in [0.1, 0.15) is 18.5 Å². The Morgan fingerprint density at radius 3 is 2.88 bits per heavy atom. The lowest BCUT2D eigenvalue weighted by Gasteiger charge is -2.23. The van der Waals surface area contributed by atoms with Crippen LogP contribution < -0.4 is 4.74 Å². The molecule has 4 heteroatoms. The van der Waals surface area contributed by atoms with E-state index in [9.17, 15) is 0 Å². The van der Waals surface area contributed by atoms with Gasteiger partial charge in [0, 0.05) is 18.6 Å². The van der Waals surface area contributed by atoms with E-state index in [1.165, 1.54) is 0 Å². The van der Waals surface area contributed by atoms with Crippen LogP contribution in [0, 0.1) is 0 Å². The average Bonchev–Trinajstić information content (AvgIpc) is 2.33. The van der Waals surface area contributed by atoms with Crippen LogP contribution >= 0.6 is 11.8 Å². The van der Waals surface area contributed by atoms with Gasteiger partial charge in [-0.25, -0.2) is 0 Å². The van der Waals surface area contributed by atoms with Gasteiger partial charge in [0.15, 0.2) is 0 Å². The van der Waals surface area contributed by atoms with E-state index in [4.69, 9.17) is 9.47 Å². The molecule has 0 saturated carbocycles. The highest BCUT2D eigenvalue weighted by molar-refractivity contribution is 7.97. The average molecular weight is 239 g/mol. The van der Waals surface area contributed by atoms with E-state index < -0.39 is 0 Å². The predicted molar refractivity (Wildman–Crippen MR) is 65.9 cm³/mol. The van der Waals surface area contributed by atoms with Crippen LogP contribution in [0.15, 0.2) is 18.3 Å². The number of thioether (sulfide) groups is 1. The third-order valence-electron chi connectivity index (χ3n) is 2.56. The summed E-state index contributed by atoms with van der Waals surface area (Å²) in [5.74, 6) is 1.83. The van der Waals surface area contributed by atoms with E-state index >= 15 is 0 Å². The molecule has 0 N–H and O–H groups in total. The number of pyridine rings is 1. The van der Waals surface area contributed by atoms with Crippen molar-refractivity contribution in [3.05, 3.63) is 24.0 Å². The topological polar surface area (TPSA) is 31.4 Å². The molecule has 2 rings (SSSR count). The molecule has 1 saturated heterocycles. The molecule has 1 aromatic rings. The highest BCUT2D eigenvalue weighted by atomic mass is 32.2. The maximum Gasteiger partial charge on any atom is 0.138 e. The van der Waals surface area contributed by atoms with Crippen molar-refractivity contribution in [2.45, 2.75) is 24.7 Å². The first kappa shape index (κ1) is 11.7. The Labute approximate surface area is 101 Å². The van der Waals surface area contributed by atoms with Crippen LogP contribution in [-0.2, 0) is 10.5 Å². The molecule has 0 amide bonds. The van der Waals surface area contributed by atoms with Crippen LogP contribution in [0.2, 0.25) is 0 Å². The number of ether oxygens (including phenoxy) is 2. The molecule has 1 aromatic heterocycles. The molecular weight excluding hydrogens is 222 g/mol. The Balaban J connectivity index is 1.88. The molecular formula is C12H17NO2S. The lowest BCUT2D eigenvalue weighted by atomic mass is 10.1. The zero-order chi connectivity index (χ0) is 11.2. The molecule has 0 radical (unpaired) electrons. The Hall–Kier alpha value is -0.740. The molecule has 3 nitrogen and oxygen atoms in total. The molecule has 2 heterocycles. The molecule has 0 aromatic carbocycles. The van der Waals surface area contributed by atoms with Gasteiger partial charge in [-0.2, -0.15) is 11.8 Å². The number of rotatable bonds is 4. The monoisotopic (exact) mass is 239 g/mol. The number of aromatic nitrogens is 1. The second-order valence-electron chi connectivity index (χ2n) is 3.85. The highest BCUT2D eigenvalue weighted by Crippen LogP contribution is 2.18. The van der Waals surface area contributed by atoms with Gasteiger partial charge in [0.25, 0.3) is 0 Å². The first-order valence-corrected chi connectivity index (χ1v) is 6.96. The Morgan fingerprint density at radius 2 is 2.25 bits per heavy atom. The standard InChI is InChI=1S/C12H17NO2S/c1-16-9-10-2-3-12(8-13-10)15-11-4-6-14-7-5-11/h2-3,8,11H,4-7,9H2,1H3. The molecule has 16 heavy (non-hydrogen) atoms. The van der Waals surface area contributed by atoms with Crippen molar-refractivity contribution in [3.8, 4) is 5.75 Å². The third kappa shape index (κ3) is 3.39. The summed E-state index contributed by atoms with van der Waals surface area (Å²) in [6, 6.07) is 4.04. The summed E-state index contributed by atoms with van der Waals surface area (Å²) in [6.45, 7) is 1.62. The van der Waals surface area contributed by atoms with Crippen LogP contribution in [0.25, 0.3) is 0 Å². The van der Waals surface area contributed by atoms with Crippen molar-refractivity contribution >= 4 is 11.8 Å². The van der Waals surface area contributed by atoms with Gasteiger partial charge in [-0.3, -0.25) is 4.98 Å². The normalized spacial score (nSPS) is 17.3. The van der Waals surface area contributed by atoms with Crippen molar-refractivity contribution in [2.24, 2.45) is 0 Å². The van der Waals surface area contributed by atoms with Crippen LogP contribution in [0.4, 0.5) is 0 Å². The van der Waals surface area contributed by atoms with Crippen LogP contribution in [0.5, 0.6) is 5.75 Å². The summed E-state index contributed by atoms with van der Waals surface area (Å²) >= 11 is 1.78. The van der Waals surface area contributed by atoms with Gasteiger partial charge >= 0.3 is 0 Å². The molecule has 0 aliphatic carbocycles. The molecule has 0 atom stereocenters. The van der Waals surface area contributed by atoms with E-state index in [0.29, 0.717) is 6.10 Å². The minimum Gasteiger partial charge on any atom is -0.489 e. The number of nitrogens with zero attached hydrogens (tertiary/aromatic N) is 1. The van der Waals surface area contributed by atoms with Crippen molar-refractivity contribution in [2.75, 3.05) is 19.5 Å². The predicted octanol–water partition coefficient (Wildman–Crippen LogP) is 2.50. The van der Waals surface area contributed by atoms with Gasteiger partial charge in [-0.05, 0) is 18.4 Å². The fourth-order valence-corrected chi connectivity index (χ4v) is 2.17. The quantitative estimate of drug-likeness (QED) is 0.808. The zero-order valence-electron chi connectivity index (χ0n) is 9.52. The molecule has 0 bridgehead atoms. The van der Waals surface area contributed by atoms with E-state index in [2.05, 4.69) is 11.2 Å². The summed E-state index contributed by atoms with van der Waals surface area (Å²) in [7, 11) is 0. The van der Waals surface area contributed by atoms with Crippen LogP contribution in [0.3, 0.4) is 0 Å². The molecule has 1 fully saturated rings. The zero-order valence-corrected chi connectivity index (χ0v) is 10.3. The summed E-state index contributed by atoms with van der Waals surface area (Å²) in [6.07, 6.45) is 6.15. The molecule has 1 aliphatic heterocycles. The van der Waals surface area contributed by atoms with Gasteiger partial charge in [0.1, 0.15) is 11.9 Å². The molecule has 0 unspecified atom stereocenters. The van der Waals surface area contributed by atoms with Gasteiger partial charge in [-0.1, -0.05) is 0 Å². The van der Waals surface area contributed by atoms with Gasteiger partial charge in [0.05, 0.1) is 25.1 Å². The highest BCUT2D eigenvalue weighted by Gasteiger charge is 2.15. The second-order valence-corrected chi connectivity index (χ2v) is 4.71. The van der Waals surface area contributed by atoms with E-state index in [-0.39, 0.29) is 0 Å². The smallest absolute Gasteiger partial charge is 0.138 e. The van der Waals surface area contributed by atoms with Crippen molar-refractivity contribution < 1.29 is 9.47 Å². The van der Waals surface area contributed by atoms with Crippen molar-refractivity contribution in [1.29, 1.82) is 0 Å². The maximum absolute atomic E-state index is 5.84. The minimum atomic E-state index is 0.293.